The number of cyclic esters (lactones) is 1. The van der Waals surface area contributed by atoms with Crippen LogP contribution in [0.1, 0.15) is 45.4 Å². The molecular formula is C20H26ClN3O4. The Balaban J connectivity index is 0.00000280. The van der Waals surface area contributed by atoms with E-state index in [1.54, 1.807) is 12.3 Å². The smallest absolute Gasteiger partial charge is 0.422 e. The summed E-state index contributed by atoms with van der Waals surface area (Å²) in [5.74, 6) is 0.550. The summed E-state index contributed by atoms with van der Waals surface area (Å²) in [6, 6.07) is 3.77. The fourth-order valence-electron chi connectivity index (χ4n) is 2.95. The average Bonchev–Trinajstić information content (AvgIpc) is 3.25. The van der Waals surface area contributed by atoms with Crippen molar-refractivity contribution in [3.05, 3.63) is 42.6 Å². The van der Waals surface area contributed by atoms with Gasteiger partial charge >= 0.3 is 6.09 Å². The van der Waals surface area contributed by atoms with Gasteiger partial charge in [-0.3, -0.25) is 4.79 Å². The van der Waals surface area contributed by atoms with Gasteiger partial charge in [-0.1, -0.05) is 19.8 Å². The fourth-order valence-corrected chi connectivity index (χ4v) is 2.95. The maximum Gasteiger partial charge on any atom is 0.422 e. The molecule has 1 fully saturated rings. The second-order valence-electron chi connectivity index (χ2n) is 6.48. The van der Waals surface area contributed by atoms with Gasteiger partial charge in [0.25, 0.3) is 5.91 Å². The maximum absolute atomic E-state index is 12.3. The third-order valence-electron chi connectivity index (χ3n) is 4.43. The molecule has 2 aromatic rings. The monoisotopic (exact) mass is 407 g/mol. The van der Waals surface area contributed by atoms with Gasteiger partial charge in [-0.05, 0) is 43.9 Å². The largest absolute Gasteiger partial charge is 0.490 e. The molecule has 1 aliphatic heterocycles. The highest BCUT2D eigenvalue weighted by molar-refractivity contribution is 6.07. The van der Waals surface area contributed by atoms with Crippen molar-refractivity contribution in [1.82, 2.24) is 14.3 Å². The van der Waals surface area contributed by atoms with Crippen LogP contribution < -0.4 is 4.74 Å². The lowest BCUT2D eigenvalue weighted by molar-refractivity contribution is -0.123. The number of carbonyl (C=O) groups excluding carboxylic acids is 2. The van der Waals surface area contributed by atoms with E-state index in [1.807, 2.05) is 28.9 Å². The number of imide groups is 1. The number of nitrogens with zero attached hydrogens (tertiary/aromatic N) is 3. The molecule has 7 nitrogen and oxygen atoms in total. The Morgan fingerprint density at radius 3 is 2.86 bits per heavy atom. The van der Waals surface area contributed by atoms with E-state index >= 15 is 0 Å². The predicted octanol–water partition coefficient (Wildman–Crippen LogP) is 4.36. The van der Waals surface area contributed by atoms with E-state index in [0.29, 0.717) is 26.0 Å². The van der Waals surface area contributed by atoms with Crippen LogP contribution in [0.15, 0.2) is 42.6 Å². The van der Waals surface area contributed by atoms with Crippen LogP contribution in [0.4, 0.5) is 4.79 Å². The minimum Gasteiger partial charge on any atom is -0.490 e. The van der Waals surface area contributed by atoms with E-state index in [-0.39, 0.29) is 24.1 Å². The molecule has 0 aromatic carbocycles. The molecule has 0 spiro atoms. The number of ether oxygens (including phenoxy) is 2. The van der Waals surface area contributed by atoms with Crippen LogP contribution in [0.2, 0.25) is 0 Å². The lowest BCUT2D eigenvalue weighted by Gasteiger charge is -2.10. The Morgan fingerprint density at radius 2 is 2.04 bits per heavy atom. The average molecular weight is 408 g/mol. The first-order chi connectivity index (χ1) is 13.2. The van der Waals surface area contributed by atoms with Crippen molar-refractivity contribution in [2.75, 3.05) is 13.2 Å². The van der Waals surface area contributed by atoms with E-state index in [9.17, 15) is 9.59 Å². The number of unbranched alkanes of at least 4 members (excludes halogenated alkanes) is 4. The standard InChI is InChI=1S/C20H25N3O4.ClH/c1-2-3-4-5-9-17-19(24)23(20(25)27-17)13-6-7-15-26-16-10-8-12-22-14-11-21-18(16)22;/h8-12,14H,2-7,13,15H2,1H3;1H. The number of amides is 2. The zero-order valence-corrected chi connectivity index (χ0v) is 16.8. The third kappa shape index (κ3) is 5.25. The van der Waals surface area contributed by atoms with E-state index in [4.69, 9.17) is 9.47 Å². The molecule has 152 valence electrons. The number of aromatic nitrogens is 2. The van der Waals surface area contributed by atoms with Crippen molar-refractivity contribution < 1.29 is 19.1 Å². The number of imidazole rings is 1. The van der Waals surface area contributed by atoms with E-state index in [1.165, 1.54) is 4.90 Å². The molecule has 3 rings (SSSR count). The van der Waals surface area contributed by atoms with E-state index in [2.05, 4.69) is 11.9 Å². The van der Waals surface area contributed by atoms with Gasteiger partial charge in [0.1, 0.15) is 0 Å². The Hall–Kier alpha value is -2.54. The molecule has 3 heterocycles. The van der Waals surface area contributed by atoms with E-state index < -0.39 is 6.09 Å². The van der Waals surface area contributed by atoms with Crippen LogP contribution in [0.3, 0.4) is 0 Å². The molecule has 0 saturated carbocycles. The van der Waals surface area contributed by atoms with Crippen LogP contribution >= 0.6 is 12.4 Å². The molecule has 1 aliphatic rings. The quantitative estimate of drug-likeness (QED) is 0.432. The van der Waals surface area contributed by atoms with Crippen molar-refractivity contribution >= 4 is 30.1 Å². The Kier molecular flexibility index (Phi) is 8.32. The normalized spacial score (nSPS) is 15.2. The SMILES string of the molecule is CCCCCC=C1OC(=O)N(CCCCOc2cccn3ccnc23)C1=O.Cl. The van der Waals surface area contributed by atoms with Crippen LogP contribution in [0.5, 0.6) is 5.75 Å². The molecule has 2 aromatic heterocycles. The number of rotatable bonds is 10. The van der Waals surface area contributed by atoms with Gasteiger partial charge in [0.15, 0.2) is 17.2 Å². The summed E-state index contributed by atoms with van der Waals surface area (Å²) in [6.45, 7) is 2.94. The first-order valence-corrected chi connectivity index (χ1v) is 9.49. The molecule has 8 heteroatoms. The first-order valence-electron chi connectivity index (χ1n) is 9.49. The van der Waals surface area contributed by atoms with Crippen molar-refractivity contribution in [1.29, 1.82) is 0 Å². The lowest BCUT2D eigenvalue weighted by atomic mass is 10.2. The highest BCUT2D eigenvalue weighted by Gasteiger charge is 2.35. The summed E-state index contributed by atoms with van der Waals surface area (Å²) in [5.41, 5.74) is 0.772. The molecule has 0 N–H and O–H groups in total. The Labute approximate surface area is 170 Å². The molecule has 2 amide bonds. The van der Waals surface area contributed by atoms with Gasteiger partial charge in [-0.25, -0.2) is 14.7 Å². The van der Waals surface area contributed by atoms with Gasteiger partial charge in [0.05, 0.1) is 6.61 Å². The Bertz CT molecular complexity index is 834. The lowest BCUT2D eigenvalue weighted by Crippen LogP contribution is -2.30. The van der Waals surface area contributed by atoms with Gasteiger partial charge in [-0.2, -0.15) is 0 Å². The summed E-state index contributed by atoms with van der Waals surface area (Å²) in [5, 5.41) is 0. The molecule has 28 heavy (non-hydrogen) atoms. The minimum absolute atomic E-state index is 0. The van der Waals surface area contributed by atoms with Crippen LogP contribution in [0, 0.1) is 0 Å². The van der Waals surface area contributed by atoms with Gasteiger partial charge in [0, 0.05) is 25.1 Å². The number of fused-ring (bicyclic) bond motifs is 1. The number of hydrogen-bond donors (Lipinski definition) is 0. The number of hydrogen-bond acceptors (Lipinski definition) is 5. The topological polar surface area (TPSA) is 73.1 Å². The molecule has 1 saturated heterocycles. The highest BCUT2D eigenvalue weighted by atomic mass is 35.5. The van der Waals surface area contributed by atoms with Crippen LogP contribution in [-0.2, 0) is 9.53 Å². The first kappa shape index (κ1) is 21.8. The summed E-state index contributed by atoms with van der Waals surface area (Å²) in [7, 11) is 0. The molecular weight excluding hydrogens is 382 g/mol. The van der Waals surface area contributed by atoms with Crippen LogP contribution in [-0.4, -0.2) is 39.4 Å². The van der Waals surface area contributed by atoms with Gasteiger partial charge < -0.3 is 13.9 Å². The highest BCUT2D eigenvalue weighted by Crippen LogP contribution is 2.20. The summed E-state index contributed by atoms with van der Waals surface area (Å²) < 4.78 is 12.8. The molecule has 0 atom stereocenters. The fraction of sp³-hybridized carbons (Fsp3) is 0.450. The predicted molar refractivity (Wildman–Crippen MR) is 108 cm³/mol. The molecule has 0 aliphatic carbocycles. The molecule has 0 bridgehead atoms. The summed E-state index contributed by atoms with van der Waals surface area (Å²) in [6.07, 6.45) is 12.0. The van der Waals surface area contributed by atoms with Crippen molar-refractivity contribution in [2.45, 2.75) is 45.4 Å². The van der Waals surface area contributed by atoms with Crippen molar-refractivity contribution in [3.8, 4) is 5.75 Å². The van der Waals surface area contributed by atoms with Crippen molar-refractivity contribution in [2.24, 2.45) is 0 Å². The number of allylic oxidation sites excluding steroid dienone is 1. The minimum atomic E-state index is -0.579. The van der Waals surface area contributed by atoms with Gasteiger partial charge in [0.2, 0.25) is 0 Å². The zero-order valence-electron chi connectivity index (χ0n) is 16.0. The number of carbonyl (C=O) groups is 2. The molecule has 0 radical (unpaired) electrons. The maximum atomic E-state index is 12.3. The summed E-state index contributed by atoms with van der Waals surface area (Å²) in [4.78, 5) is 29.6. The molecule has 0 unspecified atom stereocenters. The number of halogens is 1. The Morgan fingerprint density at radius 1 is 1.18 bits per heavy atom. The second-order valence-corrected chi connectivity index (χ2v) is 6.48. The number of pyridine rings is 1. The van der Waals surface area contributed by atoms with Gasteiger partial charge in [-0.15, -0.1) is 12.4 Å². The summed E-state index contributed by atoms with van der Waals surface area (Å²) >= 11 is 0. The van der Waals surface area contributed by atoms with E-state index in [0.717, 1.165) is 37.1 Å². The second kappa shape index (κ2) is 10.7. The van der Waals surface area contributed by atoms with Crippen molar-refractivity contribution in [3.63, 3.8) is 0 Å². The third-order valence-corrected chi connectivity index (χ3v) is 4.43. The zero-order chi connectivity index (χ0) is 19.1. The van der Waals surface area contributed by atoms with Crippen LogP contribution in [0.25, 0.3) is 5.65 Å².